The molecule has 0 aliphatic carbocycles. The quantitative estimate of drug-likeness (QED) is 0.0705. The van der Waals surface area contributed by atoms with Crippen molar-refractivity contribution in [2.45, 2.75) is 118 Å². The molecule has 0 unspecified atom stereocenters. The summed E-state index contributed by atoms with van der Waals surface area (Å²) in [5.41, 5.74) is 2.69. The lowest BCUT2D eigenvalue weighted by Crippen LogP contribution is -2.24. The van der Waals surface area contributed by atoms with E-state index in [9.17, 15) is 14.9 Å². The zero-order chi connectivity index (χ0) is 29.3. The van der Waals surface area contributed by atoms with Crippen molar-refractivity contribution in [2.75, 3.05) is 13.2 Å². The number of nitro groups is 1. The molecule has 0 fully saturated rings. The average molecular weight is 555 g/mol. The predicted molar refractivity (Wildman–Crippen MR) is 166 cm³/mol. The molecule has 0 atom stereocenters. The van der Waals surface area contributed by atoms with Gasteiger partial charge in [-0.1, -0.05) is 82.4 Å². The van der Waals surface area contributed by atoms with Gasteiger partial charge in [0.25, 0.3) is 11.2 Å². The van der Waals surface area contributed by atoms with Gasteiger partial charge in [0.1, 0.15) is 6.61 Å². The van der Waals surface area contributed by atoms with Gasteiger partial charge in [-0.15, -0.1) is 0 Å². The molecule has 1 heterocycles. The molecule has 7 nitrogen and oxygen atoms in total. The maximum atomic E-state index is 13.9. The van der Waals surface area contributed by atoms with E-state index in [0.29, 0.717) is 29.8 Å². The molecule has 1 aromatic carbocycles. The zero-order valence-corrected chi connectivity index (χ0v) is 25.4. The highest BCUT2D eigenvalue weighted by Gasteiger charge is 2.22. The van der Waals surface area contributed by atoms with Gasteiger partial charge in [-0.25, -0.2) is 0 Å². The van der Waals surface area contributed by atoms with Crippen LogP contribution < -0.4 is 15.0 Å². The summed E-state index contributed by atoms with van der Waals surface area (Å²) in [6, 6.07) is 4.66. The maximum Gasteiger partial charge on any atom is 0.297 e. The van der Waals surface area contributed by atoms with Gasteiger partial charge in [-0.05, 0) is 58.6 Å². The summed E-state index contributed by atoms with van der Waals surface area (Å²) in [6.07, 6.45) is 16.8. The van der Waals surface area contributed by atoms with Crippen LogP contribution in [0.15, 0.2) is 46.3 Å². The fourth-order valence-electron chi connectivity index (χ4n) is 4.70. The Morgan fingerprint density at radius 2 is 1.57 bits per heavy atom. The summed E-state index contributed by atoms with van der Waals surface area (Å²) in [5, 5.41) is 12.3. The highest BCUT2D eigenvalue weighted by Crippen LogP contribution is 2.35. The summed E-state index contributed by atoms with van der Waals surface area (Å²) in [4.78, 5) is 25.0. The molecule has 0 aliphatic heterocycles. The predicted octanol–water partition coefficient (Wildman–Crippen LogP) is 9.30. The number of ether oxygens (including phenoxy) is 2. The minimum Gasteiger partial charge on any atom is -0.489 e. The van der Waals surface area contributed by atoms with Crippen molar-refractivity contribution in [1.29, 1.82) is 0 Å². The van der Waals surface area contributed by atoms with E-state index in [2.05, 4.69) is 40.7 Å². The molecule has 7 heteroatoms. The Morgan fingerprint density at radius 1 is 0.900 bits per heavy atom. The van der Waals surface area contributed by atoms with Crippen LogP contribution in [0.2, 0.25) is 0 Å². The first kappa shape index (κ1) is 33.1. The Labute approximate surface area is 240 Å². The SMILES string of the molecule is CCCCCCCCn1c(=O)c(OCC=C(C)CCC=C(C)C)c(OCCCCCC)c2ccc([N+](=O)[O-])cc21. The summed E-state index contributed by atoms with van der Waals surface area (Å²) >= 11 is 0. The van der Waals surface area contributed by atoms with Gasteiger partial charge in [0, 0.05) is 24.1 Å². The topological polar surface area (TPSA) is 83.6 Å². The molecule has 2 aromatic rings. The molecule has 222 valence electrons. The van der Waals surface area contributed by atoms with Crippen molar-refractivity contribution in [1.82, 2.24) is 4.57 Å². The van der Waals surface area contributed by atoms with Crippen LogP contribution in [0.1, 0.15) is 112 Å². The third kappa shape index (κ3) is 10.8. The van der Waals surface area contributed by atoms with Crippen molar-refractivity contribution in [3.05, 3.63) is 62.0 Å². The number of nitrogens with zero attached hydrogens (tertiary/aromatic N) is 2. The van der Waals surface area contributed by atoms with Crippen molar-refractivity contribution in [3.63, 3.8) is 0 Å². The molecular weight excluding hydrogens is 504 g/mol. The largest absolute Gasteiger partial charge is 0.489 e. The number of unbranched alkanes of at least 4 members (excludes halogenated alkanes) is 8. The molecule has 40 heavy (non-hydrogen) atoms. The van der Waals surface area contributed by atoms with E-state index in [1.165, 1.54) is 42.5 Å². The summed E-state index contributed by atoms with van der Waals surface area (Å²) in [7, 11) is 0. The zero-order valence-electron chi connectivity index (χ0n) is 25.4. The van der Waals surface area contributed by atoms with Gasteiger partial charge >= 0.3 is 0 Å². The van der Waals surface area contributed by atoms with E-state index in [4.69, 9.17) is 9.47 Å². The Balaban J connectivity index is 2.44. The number of pyridine rings is 1. The number of aryl methyl sites for hydroxylation is 1. The van der Waals surface area contributed by atoms with E-state index in [1.807, 2.05) is 6.08 Å². The van der Waals surface area contributed by atoms with Crippen LogP contribution in [0.25, 0.3) is 10.9 Å². The summed E-state index contributed by atoms with van der Waals surface area (Å²) in [5.74, 6) is 0.581. The number of hydrogen-bond donors (Lipinski definition) is 0. The van der Waals surface area contributed by atoms with Gasteiger partial charge < -0.3 is 14.0 Å². The standard InChI is InChI=1S/C33H50N2O5/c1-6-8-10-12-13-14-22-34-30-25-28(35(37)38)19-20-29(30)31(39-23-15-11-9-7-2)32(33(34)36)40-24-21-27(5)18-16-17-26(3)4/h17,19-21,25H,6-16,18,22-24H2,1-5H3. The van der Waals surface area contributed by atoms with E-state index >= 15 is 0 Å². The second-order valence-corrected chi connectivity index (χ2v) is 10.9. The molecule has 1 aromatic heterocycles. The Hall–Kier alpha value is -3.09. The highest BCUT2D eigenvalue weighted by atomic mass is 16.6. The van der Waals surface area contributed by atoms with Crippen LogP contribution in [0.3, 0.4) is 0 Å². The van der Waals surface area contributed by atoms with Crippen LogP contribution in [0.4, 0.5) is 5.69 Å². The first-order valence-electron chi connectivity index (χ1n) is 15.2. The molecular formula is C33H50N2O5. The Bertz CT molecular complexity index is 1190. The van der Waals surface area contributed by atoms with Crippen LogP contribution in [-0.4, -0.2) is 22.7 Å². The van der Waals surface area contributed by atoms with Crippen LogP contribution in [0, 0.1) is 10.1 Å². The molecule has 0 saturated heterocycles. The number of benzene rings is 1. The number of rotatable bonds is 20. The monoisotopic (exact) mass is 554 g/mol. The molecule has 2 rings (SSSR count). The van der Waals surface area contributed by atoms with E-state index < -0.39 is 4.92 Å². The maximum absolute atomic E-state index is 13.9. The normalized spacial score (nSPS) is 11.6. The van der Waals surface area contributed by atoms with Crippen LogP contribution >= 0.6 is 0 Å². The van der Waals surface area contributed by atoms with Crippen molar-refractivity contribution in [2.24, 2.45) is 0 Å². The van der Waals surface area contributed by atoms with Crippen molar-refractivity contribution < 1.29 is 14.4 Å². The average Bonchev–Trinajstić information content (AvgIpc) is 2.92. The number of allylic oxidation sites excluding steroid dienone is 3. The van der Waals surface area contributed by atoms with E-state index in [-0.39, 0.29) is 23.6 Å². The fraction of sp³-hybridized carbons (Fsp3) is 0.606. The van der Waals surface area contributed by atoms with Gasteiger partial charge in [0.05, 0.1) is 17.0 Å². The molecule has 0 saturated carbocycles. The lowest BCUT2D eigenvalue weighted by atomic mass is 10.1. The third-order valence-electron chi connectivity index (χ3n) is 7.10. The Kier molecular flexibility index (Phi) is 15.1. The lowest BCUT2D eigenvalue weighted by Gasteiger charge is -2.18. The molecule has 0 amide bonds. The second kappa shape index (κ2) is 18.3. The fourth-order valence-corrected chi connectivity index (χ4v) is 4.70. The first-order valence-corrected chi connectivity index (χ1v) is 15.2. The molecule has 0 bridgehead atoms. The molecule has 0 spiro atoms. The minimum absolute atomic E-state index is 0.0407. The third-order valence-corrected chi connectivity index (χ3v) is 7.10. The van der Waals surface area contributed by atoms with Crippen molar-refractivity contribution >= 4 is 16.6 Å². The first-order chi connectivity index (χ1) is 19.3. The smallest absolute Gasteiger partial charge is 0.297 e. The van der Waals surface area contributed by atoms with Gasteiger partial charge in [0.15, 0.2) is 5.75 Å². The van der Waals surface area contributed by atoms with Crippen LogP contribution in [-0.2, 0) is 6.54 Å². The van der Waals surface area contributed by atoms with Gasteiger partial charge in [0.2, 0.25) is 5.75 Å². The lowest BCUT2D eigenvalue weighted by molar-refractivity contribution is -0.384. The number of fused-ring (bicyclic) bond motifs is 1. The summed E-state index contributed by atoms with van der Waals surface area (Å²) < 4.78 is 14.0. The number of hydrogen-bond acceptors (Lipinski definition) is 5. The minimum atomic E-state index is -0.419. The number of aromatic nitrogens is 1. The van der Waals surface area contributed by atoms with E-state index in [0.717, 1.165) is 57.8 Å². The highest BCUT2D eigenvalue weighted by molar-refractivity contribution is 5.89. The molecule has 0 radical (unpaired) electrons. The van der Waals surface area contributed by atoms with Gasteiger partial charge in [-0.3, -0.25) is 14.9 Å². The number of nitro benzene ring substituents is 1. The van der Waals surface area contributed by atoms with E-state index in [1.54, 1.807) is 10.6 Å². The van der Waals surface area contributed by atoms with Crippen molar-refractivity contribution in [3.8, 4) is 11.5 Å². The van der Waals surface area contributed by atoms with Crippen LogP contribution in [0.5, 0.6) is 11.5 Å². The van der Waals surface area contributed by atoms with Gasteiger partial charge in [-0.2, -0.15) is 0 Å². The molecule has 0 aliphatic rings. The second-order valence-electron chi connectivity index (χ2n) is 10.9. The summed E-state index contributed by atoms with van der Waals surface area (Å²) in [6.45, 7) is 11.8. The Morgan fingerprint density at radius 3 is 2.25 bits per heavy atom. The number of non-ortho nitro benzene ring substituents is 1. The molecule has 0 N–H and O–H groups in total.